The van der Waals surface area contributed by atoms with Crippen LogP contribution < -0.4 is 9.64 Å². The Morgan fingerprint density at radius 2 is 2.04 bits per heavy atom. The molecule has 0 aliphatic carbocycles. The number of carbonyl (C=O) groups excluding carboxylic acids is 1. The van der Waals surface area contributed by atoms with Gasteiger partial charge in [-0.15, -0.1) is 0 Å². The molecule has 1 aromatic heterocycles. The van der Waals surface area contributed by atoms with E-state index in [1.807, 2.05) is 42.5 Å². The van der Waals surface area contributed by atoms with Gasteiger partial charge in [-0.1, -0.05) is 24.3 Å². The summed E-state index contributed by atoms with van der Waals surface area (Å²) >= 11 is 0. The van der Waals surface area contributed by atoms with Gasteiger partial charge in [-0.3, -0.25) is 4.79 Å². The summed E-state index contributed by atoms with van der Waals surface area (Å²) in [5, 5.41) is 0. The first-order valence-electron chi connectivity index (χ1n) is 9.43. The average Bonchev–Trinajstić information content (AvgIpc) is 3.14. The predicted molar refractivity (Wildman–Crippen MR) is 109 cm³/mol. The summed E-state index contributed by atoms with van der Waals surface area (Å²) in [7, 11) is 1.78. The van der Waals surface area contributed by atoms with Crippen molar-refractivity contribution in [3.63, 3.8) is 0 Å². The van der Waals surface area contributed by atoms with Gasteiger partial charge in [0, 0.05) is 25.7 Å². The van der Waals surface area contributed by atoms with E-state index < -0.39 is 0 Å². The first kappa shape index (κ1) is 18.1. The van der Waals surface area contributed by atoms with E-state index in [0.29, 0.717) is 18.0 Å². The standard InChI is InChI=1S/C22H23N3O3/c1-3-25-15-16(27-20-11-7-5-9-18(20)25)14-24(2)22(26)13-12-21-23-17-8-4-6-10-19(17)28-21/h4-13,16H,3,14-15H2,1-2H3/b13-12+. The second-order valence-corrected chi connectivity index (χ2v) is 6.82. The van der Waals surface area contributed by atoms with Crippen LogP contribution in [0, 0.1) is 0 Å². The van der Waals surface area contributed by atoms with Crippen molar-refractivity contribution in [1.82, 2.24) is 9.88 Å². The minimum absolute atomic E-state index is 0.0819. The first-order chi connectivity index (χ1) is 13.6. The van der Waals surface area contributed by atoms with Crippen molar-refractivity contribution in [1.29, 1.82) is 0 Å². The molecule has 1 aliphatic rings. The number of carbonyl (C=O) groups is 1. The van der Waals surface area contributed by atoms with Crippen molar-refractivity contribution >= 4 is 28.8 Å². The number of hydrogen-bond donors (Lipinski definition) is 0. The lowest BCUT2D eigenvalue weighted by Gasteiger charge is -2.37. The molecular weight excluding hydrogens is 354 g/mol. The zero-order valence-electron chi connectivity index (χ0n) is 16.0. The third-order valence-electron chi connectivity index (χ3n) is 4.84. The van der Waals surface area contributed by atoms with Gasteiger partial charge in [0.25, 0.3) is 0 Å². The predicted octanol–water partition coefficient (Wildman–Crippen LogP) is 3.59. The molecule has 0 spiro atoms. The maximum absolute atomic E-state index is 12.5. The maximum Gasteiger partial charge on any atom is 0.246 e. The number of aromatic nitrogens is 1. The Labute approximate surface area is 164 Å². The lowest BCUT2D eigenvalue weighted by Crippen LogP contribution is -2.46. The van der Waals surface area contributed by atoms with Crippen LogP contribution in [0.3, 0.4) is 0 Å². The van der Waals surface area contributed by atoms with Crippen LogP contribution >= 0.6 is 0 Å². The molecule has 1 unspecified atom stereocenters. The van der Waals surface area contributed by atoms with E-state index in [-0.39, 0.29) is 12.0 Å². The number of fused-ring (bicyclic) bond motifs is 2. The monoisotopic (exact) mass is 377 g/mol. The molecule has 2 heterocycles. The number of rotatable bonds is 5. The van der Waals surface area contributed by atoms with E-state index in [9.17, 15) is 4.79 Å². The van der Waals surface area contributed by atoms with Crippen molar-refractivity contribution < 1.29 is 13.9 Å². The van der Waals surface area contributed by atoms with Crippen LogP contribution in [-0.2, 0) is 4.79 Å². The first-order valence-corrected chi connectivity index (χ1v) is 9.43. The molecule has 4 rings (SSSR count). The third kappa shape index (κ3) is 3.71. The van der Waals surface area contributed by atoms with Crippen molar-refractivity contribution in [2.75, 3.05) is 31.6 Å². The minimum atomic E-state index is -0.118. The van der Waals surface area contributed by atoms with E-state index in [2.05, 4.69) is 22.9 Å². The Morgan fingerprint density at radius 1 is 1.25 bits per heavy atom. The fourth-order valence-electron chi connectivity index (χ4n) is 3.40. The van der Waals surface area contributed by atoms with Crippen LogP contribution in [0.15, 0.2) is 59.0 Å². The maximum atomic E-state index is 12.5. The van der Waals surface area contributed by atoms with Crippen LogP contribution in [-0.4, -0.2) is 48.6 Å². The number of likely N-dealkylation sites (N-methyl/N-ethyl adjacent to an activating group) is 2. The highest BCUT2D eigenvalue weighted by molar-refractivity contribution is 5.91. The average molecular weight is 377 g/mol. The Morgan fingerprint density at radius 3 is 2.86 bits per heavy atom. The molecule has 0 fully saturated rings. The smallest absolute Gasteiger partial charge is 0.246 e. The lowest BCUT2D eigenvalue weighted by atomic mass is 10.2. The third-order valence-corrected chi connectivity index (χ3v) is 4.84. The van der Waals surface area contributed by atoms with Gasteiger partial charge in [0.15, 0.2) is 5.58 Å². The van der Waals surface area contributed by atoms with Gasteiger partial charge in [-0.25, -0.2) is 4.98 Å². The number of anilines is 1. The molecule has 6 nitrogen and oxygen atoms in total. The molecule has 144 valence electrons. The molecule has 0 radical (unpaired) electrons. The Balaban J connectivity index is 1.40. The van der Waals surface area contributed by atoms with Crippen molar-refractivity contribution in [2.24, 2.45) is 0 Å². The molecule has 0 N–H and O–H groups in total. The van der Waals surface area contributed by atoms with Gasteiger partial charge in [-0.2, -0.15) is 0 Å². The van der Waals surface area contributed by atoms with Crippen molar-refractivity contribution in [3.05, 3.63) is 60.5 Å². The van der Waals surface area contributed by atoms with E-state index >= 15 is 0 Å². The van der Waals surface area contributed by atoms with E-state index in [1.54, 1.807) is 18.0 Å². The summed E-state index contributed by atoms with van der Waals surface area (Å²) in [6, 6.07) is 15.5. The summed E-state index contributed by atoms with van der Waals surface area (Å²) < 4.78 is 11.7. The van der Waals surface area contributed by atoms with Gasteiger partial charge in [0.1, 0.15) is 17.4 Å². The number of nitrogens with zero attached hydrogens (tertiary/aromatic N) is 3. The number of amides is 1. The number of para-hydroxylation sites is 4. The molecule has 1 amide bonds. The molecule has 1 atom stereocenters. The molecule has 0 bridgehead atoms. The quantitative estimate of drug-likeness (QED) is 0.636. The highest BCUT2D eigenvalue weighted by Crippen LogP contribution is 2.32. The van der Waals surface area contributed by atoms with Crippen LogP contribution in [0.1, 0.15) is 12.8 Å². The van der Waals surface area contributed by atoms with Crippen molar-refractivity contribution in [3.8, 4) is 5.75 Å². The summed E-state index contributed by atoms with van der Waals surface area (Å²) in [5.41, 5.74) is 2.58. The van der Waals surface area contributed by atoms with Gasteiger partial charge >= 0.3 is 0 Å². The summed E-state index contributed by atoms with van der Waals surface area (Å²) in [4.78, 5) is 20.8. The molecule has 2 aromatic carbocycles. The highest BCUT2D eigenvalue weighted by atomic mass is 16.5. The number of hydrogen-bond acceptors (Lipinski definition) is 5. The highest BCUT2D eigenvalue weighted by Gasteiger charge is 2.26. The summed E-state index contributed by atoms with van der Waals surface area (Å²) in [6.07, 6.45) is 3.01. The van der Waals surface area contributed by atoms with Crippen LogP contribution in [0.25, 0.3) is 17.2 Å². The SMILES string of the molecule is CCN1CC(CN(C)C(=O)/C=C/c2nc3ccccc3o2)Oc2ccccc21. The molecule has 0 saturated carbocycles. The van der Waals surface area contributed by atoms with Gasteiger partial charge < -0.3 is 19.0 Å². The Kier molecular flexibility index (Phi) is 5.02. The van der Waals surface area contributed by atoms with Gasteiger partial charge in [0.2, 0.25) is 11.8 Å². The zero-order chi connectivity index (χ0) is 19.5. The molecule has 6 heteroatoms. The number of ether oxygens (including phenoxy) is 1. The molecule has 28 heavy (non-hydrogen) atoms. The fourth-order valence-corrected chi connectivity index (χ4v) is 3.40. The zero-order valence-corrected chi connectivity index (χ0v) is 16.0. The number of benzene rings is 2. The topological polar surface area (TPSA) is 58.8 Å². The van der Waals surface area contributed by atoms with Crippen LogP contribution in [0.4, 0.5) is 5.69 Å². The Bertz CT molecular complexity index is 978. The number of oxazole rings is 1. The van der Waals surface area contributed by atoms with Crippen LogP contribution in [0.2, 0.25) is 0 Å². The molecule has 0 saturated heterocycles. The van der Waals surface area contributed by atoms with Crippen molar-refractivity contribution in [2.45, 2.75) is 13.0 Å². The Hall–Kier alpha value is -3.28. The van der Waals surface area contributed by atoms with Gasteiger partial charge in [0.05, 0.1) is 18.8 Å². The normalized spacial score (nSPS) is 16.2. The van der Waals surface area contributed by atoms with E-state index in [0.717, 1.165) is 30.0 Å². The van der Waals surface area contributed by atoms with Crippen LogP contribution in [0.5, 0.6) is 5.75 Å². The summed E-state index contributed by atoms with van der Waals surface area (Å²) in [5.74, 6) is 1.17. The van der Waals surface area contributed by atoms with E-state index in [4.69, 9.17) is 9.15 Å². The summed E-state index contributed by atoms with van der Waals surface area (Å²) in [6.45, 7) is 4.27. The molecule has 3 aromatic rings. The molecule has 1 aliphatic heterocycles. The largest absolute Gasteiger partial charge is 0.485 e. The van der Waals surface area contributed by atoms with Gasteiger partial charge in [-0.05, 0) is 31.2 Å². The lowest BCUT2D eigenvalue weighted by molar-refractivity contribution is -0.125. The second kappa shape index (κ2) is 7.76. The van der Waals surface area contributed by atoms with E-state index in [1.165, 1.54) is 6.08 Å². The fraction of sp³-hybridized carbons (Fsp3) is 0.273. The molecular formula is C22H23N3O3. The second-order valence-electron chi connectivity index (χ2n) is 6.82. The minimum Gasteiger partial charge on any atom is -0.485 e.